The van der Waals surface area contributed by atoms with Gasteiger partial charge < -0.3 is 4.90 Å². The van der Waals surface area contributed by atoms with Crippen LogP contribution in [0, 0.1) is 19.6 Å². The maximum atomic E-state index is 12.4. The third kappa shape index (κ3) is 3.47. The molecule has 1 aromatic rings. The Balaban J connectivity index is 2.14. The van der Waals surface area contributed by atoms with Gasteiger partial charge in [-0.15, -0.1) is 0 Å². The first kappa shape index (κ1) is 15.2. The smallest absolute Gasteiger partial charge is 0.270 e. The van der Waals surface area contributed by atoms with Crippen molar-refractivity contribution in [3.63, 3.8) is 0 Å². The number of halogens is 1. The van der Waals surface area contributed by atoms with E-state index < -0.39 is 4.92 Å². The average molecular weight is 388 g/mol. The number of amides is 1. The van der Waals surface area contributed by atoms with Crippen molar-refractivity contribution >= 4 is 34.2 Å². The minimum Gasteiger partial charge on any atom is -0.341 e. The van der Waals surface area contributed by atoms with Gasteiger partial charge in [-0.05, 0) is 47.4 Å². The lowest BCUT2D eigenvalue weighted by atomic mass is 10.1. The molecule has 20 heavy (non-hydrogen) atoms. The van der Waals surface area contributed by atoms with Crippen molar-refractivity contribution in [1.29, 1.82) is 0 Å². The van der Waals surface area contributed by atoms with Crippen molar-refractivity contribution in [3.8, 4) is 0 Å². The van der Waals surface area contributed by atoms with E-state index in [-0.39, 0.29) is 11.6 Å². The largest absolute Gasteiger partial charge is 0.341 e. The number of hydrogen-bond donors (Lipinski definition) is 0. The standard InChI is InChI=1S/C14H17IN2O3/c1-16(9-10-4-2-3-5-10)14(18)12-8-11(17(19)20)6-7-13(12)15/h6-8,10H,2-5,9H2,1H3. The first-order valence-corrected chi connectivity index (χ1v) is 7.76. The van der Waals surface area contributed by atoms with Crippen LogP contribution in [-0.2, 0) is 0 Å². The molecule has 6 heteroatoms. The minimum atomic E-state index is -0.468. The van der Waals surface area contributed by atoms with Crippen LogP contribution in [0.3, 0.4) is 0 Å². The average Bonchev–Trinajstić information content (AvgIpc) is 2.91. The van der Waals surface area contributed by atoms with Gasteiger partial charge in [0.15, 0.2) is 0 Å². The van der Waals surface area contributed by atoms with E-state index in [4.69, 9.17) is 0 Å². The summed E-state index contributed by atoms with van der Waals surface area (Å²) in [7, 11) is 1.77. The highest BCUT2D eigenvalue weighted by atomic mass is 127. The molecule has 0 heterocycles. The van der Waals surface area contributed by atoms with Crippen LogP contribution in [-0.4, -0.2) is 29.3 Å². The lowest BCUT2D eigenvalue weighted by Crippen LogP contribution is -2.31. The van der Waals surface area contributed by atoms with Gasteiger partial charge in [-0.25, -0.2) is 0 Å². The van der Waals surface area contributed by atoms with Crippen molar-refractivity contribution in [3.05, 3.63) is 37.4 Å². The third-order valence-corrected chi connectivity index (χ3v) is 4.69. The van der Waals surface area contributed by atoms with Crippen LogP contribution >= 0.6 is 22.6 Å². The van der Waals surface area contributed by atoms with E-state index in [9.17, 15) is 14.9 Å². The Morgan fingerprint density at radius 2 is 2.10 bits per heavy atom. The highest BCUT2D eigenvalue weighted by molar-refractivity contribution is 14.1. The van der Waals surface area contributed by atoms with Crippen molar-refractivity contribution in [2.24, 2.45) is 5.92 Å². The molecule has 0 saturated heterocycles. The molecule has 0 spiro atoms. The number of nitro benzene ring substituents is 1. The molecule has 5 nitrogen and oxygen atoms in total. The lowest BCUT2D eigenvalue weighted by Gasteiger charge is -2.21. The summed E-state index contributed by atoms with van der Waals surface area (Å²) >= 11 is 2.04. The molecule has 108 valence electrons. The number of carbonyl (C=O) groups excluding carboxylic acids is 1. The van der Waals surface area contributed by atoms with Gasteiger partial charge in [0.05, 0.1) is 10.5 Å². The monoisotopic (exact) mass is 388 g/mol. The number of nitrogens with zero attached hydrogens (tertiary/aromatic N) is 2. The van der Waals surface area contributed by atoms with E-state index in [2.05, 4.69) is 0 Å². The number of carbonyl (C=O) groups is 1. The van der Waals surface area contributed by atoms with Gasteiger partial charge in [-0.1, -0.05) is 12.8 Å². The molecule has 0 N–H and O–H groups in total. The predicted molar refractivity (Wildman–Crippen MR) is 84.7 cm³/mol. The Bertz CT molecular complexity index is 527. The molecule has 1 saturated carbocycles. The number of hydrogen-bond acceptors (Lipinski definition) is 3. The topological polar surface area (TPSA) is 63.5 Å². The zero-order chi connectivity index (χ0) is 14.7. The molecule has 0 bridgehead atoms. The maximum Gasteiger partial charge on any atom is 0.270 e. The van der Waals surface area contributed by atoms with Crippen LogP contribution in [0.25, 0.3) is 0 Å². The van der Waals surface area contributed by atoms with Crippen LogP contribution in [0.1, 0.15) is 36.0 Å². The van der Waals surface area contributed by atoms with Crippen LogP contribution in [0.5, 0.6) is 0 Å². The quantitative estimate of drug-likeness (QED) is 0.451. The number of non-ortho nitro benzene ring substituents is 1. The number of rotatable bonds is 4. The van der Waals surface area contributed by atoms with E-state index in [0.717, 1.165) is 10.1 Å². The third-order valence-electron chi connectivity index (χ3n) is 3.74. The normalized spacial score (nSPS) is 15.3. The van der Waals surface area contributed by atoms with Crippen LogP contribution in [0.15, 0.2) is 18.2 Å². The summed E-state index contributed by atoms with van der Waals surface area (Å²) in [6.45, 7) is 0.734. The zero-order valence-corrected chi connectivity index (χ0v) is 13.5. The van der Waals surface area contributed by atoms with E-state index in [1.165, 1.54) is 37.8 Å². The molecular formula is C14H17IN2O3. The summed E-state index contributed by atoms with van der Waals surface area (Å²) in [5.41, 5.74) is 0.378. The fourth-order valence-electron chi connectivity index (χ4n) is 2.66. The predicted octanol–water partition coefficient (Wildman–Crippen LogP) is 3.46. The summed E-state index contributed by atoms with van der Waals surface area (Å²) in [5.74, 6) is 0.435. The Kier molecular flexibility index (Phi) is 4.95. The van der Waals surface area contributed by atoms with Crippen LogP contribution < -0.4 is 0 Å². The number of benzene rings is 1. The van der Waals surface area contributed by atoms with E-state index in [1.807, 2.05) is 22.6 Å². The molecule has 0 unspecified atom stereocenters. The summed E-state index contributed by atoms with van der Waals surface area (Å²) in [5, 5.41) is 10.8. The molecule has 1 aromatic carbocycles. The molecular weight excluding hydrogens is 371 g/mol. The summed E-state index contributed by atoms with van der Waals surface area (Å²) in [4.78, 5) is 24.5. The lowest BCUT2D eigenvalue weighted by molar-refractivity contribution is -0.384. The van der Waals surface area contributed by atoms with Crippen molar-refractivity contribution in [2.45, 2.75) is 25.7 Å². The second-order valence-electron chi connectivity index (χ2n) is 5.26. The molecule has 0 aliphatic heterocycles. The second-order valence-corrected chi connectivity index (χ2v) is 6.42. The fourth-order valence-corrected chi connectivity index (χ4v) is 3.23. The van der Waals surface area contributed by atoms with Crippen molar-refractivity contribution < 1.29 is 9.72 Å². The summed E-state index contributed by atoms with van der Waals surface area (Å²) in [6, 6.07) is 4.42. The number of nitro groups is 1. The second kappa shape index (κ2) is 6.51. The van der Waals surface area contributed by atoms with Crippen molar-refractivity contribution in [1.82, 2.24) is 4.90 Å². The van der Waals surface area contributed by atoms with Gasteiger partial charge in [-0.2, -0.15) is 0 Å². The Labute approximate surface area is 131 Å². The van der Waals surface area contributed by atoms with E-state index in [1.54, 1.807) is 18.0 Å². The highest BCUT2D eigenvalue weighted by Gasteiger charge is 2.22. The molecule has 1 fully saturated rings. The van der Waals surface area contributed by atoms with Gasteiger partial charge in [0.2, 0.25) is 0 Å². The van der Waals surface area contributed by atoms with Gasteiger partial charge in [-0.3, -0.25) is 14.9 Å². The van der Waals surface area contributed by atoms with Crippen LogP contribution in [0.4, 0.5) is 5.69 Å². The zero-order valence-electron chi connectivity index (χ0n) is 11.3. The molecule has 1 aliphatic rings. The Hall–Kier alpha value is -1.18. The van der Waals surface area contributed by atoms with Gasteiger partial charge >= 0.3 is 0 Å². The molecule has 1 aliphatic carbocycles. The fraction of sp³-hybridized carbons (Fsp3) is 0.500. The molecule has 2 rings (SSSR count). The van der Waals surface area contributed by atoms with E-state index >= 15 is 0 Å². The van der Waals surface area contributed by atoms with Crippen molar-refractivity contribution in [2.75, 3.05) is 13.6 Å². The Morgan fingerprint density at radius 3 is 2.70 bits per heavy atom. The molecule has 0 radical (unpaired) electrons. The first-order chi connectivity index (χ1) is 9.49. The van der Waals surface area contributed by atoms with Gasteiger partial charge in [0.1, 0.15) is 0 Å². The minimum absolute atomic E-state index is 0.0389. The maximum absolute atomic E-state index is 12.4. The molecule has 0 aromatic heterocycles. The molecule has 1 amide bonds. The van der Waals surface area contributed by atoms with Gasteiger partial charge in [0.25, 0.3) is 11.6 Å². The molecule has 0 atom stereocenters. The highest BCUT2D eigenvalue weighted by Crippen LogP contribution is 2.26. The Morgan fingerprint density at radius 1 is 1.45 bits per heavy atom. The van der Waals surface area contributed by atoms with Gasteiger partial charge in [0, 0.05) is 29.3 Å². The van der Waals surface area contributed by atoms with Crippen LogP contribution in [0.2, 0.25) is 0 Å². The SMILES string of the molecule is CN(CC1CCCC1)C(=O)c1cc([N+](=O)[O-])ccc1I. The summed E-state index contributed by atoms with van der Waals surface area (Å²) in [6.07, 6.45) is 4.81. The first-order valence-electron chi connectivity index (χ1n) is 6.68. The summed E-state index contributed by atoms with van der Waals surface area (Å²) < 4.78 is 0.747. The van der Waals surface area contributed by atoms with E-state index in [0.29, 0.717) is 11.5 Å².